The zero-order valence-electron chi connectivity index (χ0n) is 14.2. The van der Waals surface area contributed by atoms with Gasteiger partial charge in [0.15, 0.2) is 5.65 Å². The van der Waals surface area contributed by atoms with Gasteiger partial charge in [-0.1, -0.05) is 30.3 Å². The molecule has 0 spiro atoms. The first-order valence-corrected chi connectivity index (χ1v) is 8.58. The van der Waals surface area contributed by atoms with Gasteiger partial charge in [0.2, 0.25) is 11.8 Å². The predicted octanol–water partition coefficient (Wildman–Crippen LogP) is 1.62. The number of carbonyl (C=O) groups is 2. The Morgan fingerprint density at radius 1 is 1.23 bits per heavy atom. The normalized spacial score (nSPS) is 17.0. The number of likely N-dealkylation sites (tertiary alicyclic amines) is 1. The van der Waals surface area contributed by atoms with E-state index in [1.54, 1.807) is 11.1 Å². The fourth-order valence-corrected chi connectivity index (χ4v) is 3.20. The van der Waals surface area contributed by atoms with Crippen LogP contribution in [0.2, 0.25) is 0 Å². The molecule has 0 unspecified atom stereocenters. The van der Waals surface area contributed by atoms with Crippen LogP contribution in [0.1, 0.15) is 17.8 Å². The zero-order chi connectivity index (χ0) is 17.9. The number of hydrogen-bond acceptors (Lipinski definition) is 4. The van der Waals surface area contributed by atoms with Crippen molar-refractivity contribution >= 4 is 23.0 Å². The number of benzene rings is 1. The molecule has 0 radical (unpaired) electrons. The number of fused-ring (bicyclic) bond motifs is 1. The first-order valence-electron chi connectivity index (χ1n) is 8.58. The number of pyridine rings is 1. The minimum atomic E-state index is -0.325. The SMILES string of the molecule is O=C(NCc1nc2ncccc2[nH]1)[C@@H]1CC(=O)N(Cc2ccccc2)C1. The summed E-state index contributed by atoms with van der Waals surface area (Å²) in [7, 11) is 0. The van der Waals surface area contributed by atoms with Crippen LogP contribution in [0.3, 0.4) is 0 Å². The number of carbonyl (C=O) groups excluding carboxylic acids is 2. The molecule has 1 saturated heterocycles. The molecule has 2 aromatic heterocycles. The van der Waals surface area contributed by atoms with Crippen LogP contribution in [0.5, 0.6) is 0 Å². The Morgan fingerprint density at radius 3 is 2.88 bits per heavy atom. The Morgan fingerprint density at radius 2 is 2.08 bits per heavy atom. The summed E-state index contributed by atoms with van der Waals surface area (Å²) in [6.45, 7) is 1.28. The van der Waals surface area contributed by atoms with Crippen molar-refractivity contribution in [3.63, 3.8) is 0 Å². The second-order valence-corrected chi connectivity index (χ2v) is 6.44. The third-order valence-electron chi connectivity index (χ3n) is 4.54. The number of aromatic nitrogens is 3. The number of rotatable bonds is 5. The van der Waals surface area contributed by atoms with Crippen molar-refractivity contribution in [3.05, 3.63) is 60.0 Å². The van der Waals surface area contributed by atoms with Crippen LogP contribution >= 0.6 is 0 Å². The van der Waals surface area contributed by atoms with Gasteiger partial charge < -0.3 is 15.2 Å². The van der Waals surface area contributed by atoms with E-state index >= 15 is 0 Å². The Hall–Kier alpha value is -3.22. The number of hydrogen-bond donors (Lipinski definition) is 2. The summed E-state index contributed by atoms with van der Waals surface area (Å²) in [5.41, 5.74) is 2.53. The molecule has 132 valence electrons. The zero-order valence-corrected chi connectivity index (χ0v) is 14.2. The fourth-order valence-electron chi connectivity index (χ4n) is 3.20. The van der Waals surface area contributed by atoms with Crippen molar-refractivity contribution in [2.24, 2.45) is 5.92 Å². The molecule has 7 heteroatoms. The third kappa shape index (κ3) is 3.42. The number of imidazole rings is 1. The Bertz CT molecular complexity index is 904. The molecule has 0 aliphatic carbocycles. The van der Waals surface area contributed by atoms with Crippen molar-refractivity contribution in [1.82, 2.24) is 25.2 Å². The van der Waals surface area contributed by atoms with Gasteiger partial charge in [0.25, 0.3) is 0 Å². The molecule has 4 rings (SSSR count). The second kappa shape index (κ2) is 6.95. The summed E-state index contributed by atoms with van der Waals surface area (Å²) < 4.78 is 0. The lowest BCUT2D eigenvalue weighted by Crippen LogP contribution is -2.32. The quantitative estimate of drug-likeness (QED) is 0.732. The number of nitrogens with zero attached hydrogens (tertiary/aromatic N) is 3. The molecular weight excluding hydrogens is 330 g/mol. The van der Waals surface area contributed by atoms with E-state index in [4.69, 9.17) is 0 Å². The van der Waals surface area contributed by atoms with Crippen LogP contribution in [0.15, 0.2) is 48.7 Å². The van der Waals surface area contributed by atoms with Gasteiger partial charge in [-0.05, 0) is 17.7 Å². The average Bonchev–Trinajstić information content (AvgIpc) is 3.24. The predicted molar refractivity (Wildman–Crippen MR) is 95.7 cm³/mol. The highest BCUT2D eigenvalue weighted by Crippen LogP contribution is 2.20. The Labute approximate surface area is 150 Å². The summed E-state index contributed by atoms with van der Waals surface area (Å²) >= 11 is 0. The molecule has 1 aliphatic rings. The smallest absolute Gasteiger partial charge is 0.225 e. The molecule has 7 nitrogen and oxygen atoms in total. The molecule has 1 aromatic carbocycles. The summed E-state index contributed by atoms with van der Waals surface area (Å²) in [5, 5.41) is 2.87. The highest BCUT2D eigenvalue weighted by molar-refractivity contribution is 5.89. The number of H-pyrrole nitrogens is 1. The van der Waals surface area contributed by atoms with E-state index in [1.165, 1.54) is 0 Å². The molecule has 0 saturated carbocycles. The summed E-state index contributed by atoms with van der Waals surface area (Å²) in [6, 6.07) is 13.5. The molecular formula is C19H19N5O2. The molecule has 26 heavy (non-hydrogen) atoms. The van der Waals surface area contributed by atoms with Gasteiger partial charge in [-0.25, -0.2) is 9.97 Å². The maximum Gasteiger partial charge on any atom is 0.225 e. The lowest BCUT2D eigenvalue weighted by atomic mass is 10.1. The van der Waals surface area contributed by atoms with Crippen molar-refractivity contribution < 1.29 is 9.59 Å². The van der Waals surface area contributed by atoms with Gasteiger partial charge >= 0.3 is 0 Å². The van der Waals surface area contributed by atoms with E-state index < -0.39 is 0 Å². The van der Waals surface area contributed by atoms with Crippen molar-refractivity contribution in [3.8, 4) is 0 Å². The average molecular weight is 349 g/mol. The van der Waals surface area contributed by atoms with Crippen LogP contribution in [0.25, 0.3) is 11.2 Å². The third-order valence-corrected chi connectivity index (χ3v) is 4.54. The van der Waals surface area contributed by atoms with Gasteiger partial charge in [0, 0.05) is 25.7 Å². The number of amides is 2. The molecule has 3 heterocycles. The highest BCUT2D eigenvalue weighted by Gasteiger charge is 2.34. The van der Waals surface area contributed by atoms with E-state index in [0.717, 1.165) is 11.1 Å². The molecule has 3 aromatic rings. The fraction of sp³-hybridized carbons (Fsp3) is 0.263. The minimum absolute atomic E-state index is 0.0157. The molecule has 2 amide bonds. The van der Waals surface area contributed by atoms with Crippen molar-refractivity contribution in [1.29, 1.82) is 0 Å². The van der Waals surface area contributed by atoms with E-state index in [9.17, 15) is 9.59 Å². The first kappa shape index (κ1) is 16.3. The topological polar surface area (TPSA) is 91.0 Å². The van der Waals surface area contributed by atoms with Crippen LogP contribution in [-0.4, -0.2) is 38.2 Å². The lowest BCUT2D eigenvalue weighted by molar-refractivity contribution is -0.129. The van der Waals surface area contributed by atoms with E-state index in [0.29, 0.717) is 31.1 Å². The van der Waals surface area contributed by atoms with Gasteiger partial charge in [0.1, 0.15) is 5.82 Å². The van der Waals surface area contributed by atoms with Crippen molar-refractivity contribution in [2.45, 2.75) is 19.5 Å². The summed E-state index contributed by atoms with van der Waals surface area (Å²) in [5.74, 6) is 0.218. The Balaban J connectivity index is 1.34. The Kier molecular flexibility index (Phi) is 4.35. The largest absolute Gasteiger partial charge is 0.349 e. The maximum absolute atomic E-state index is 12.4. The van der Waals surface area contributed by atoms with E-state index in [1.807, 2.05) is 42.5 Å². The van der Waals surface area contributed by atoms with Gasteiger partial charge in [-0.15, -0.1) is 0 Å². The number of aromatic amines is 1. The maximum atomic E-state index is 12.4. The van der Waals surface area contributed by atoms with Crippen molar-refractivity contribution in [2.75, 3.05) is 6.54 Å². The molecule has 1 fully saturated rings. The first-order chi connectivity index (χ1) is 12.7. The monoisotopic (exact) mass is 349 g/mol. The van der Waals surface area contributed by atoms with Gasteiger partial charge in [0.05, 0.1) is 18.0 Å². The minimum Gasteiger partial charge on any atom is -0.349 e. The lowest BCUT2D eigenvalue weighted by Gasteiger charge is -2.16. The van der Waals surface area contributed by atoms with Crippen LogP contribution < -0.4 is 5.32 Å². The van der Waals surface area contributed by atoms with Crippen LogP contribution in [0.4, 0.5) is 0 Å². The molecule has 1 atom stereocenters. The summed E-state index contributed by atoms with van der Waals surface area (Å²) in [4.78, 5) is 38.0. The molecule has 1 aliphatic heterocycles. The van der Waals surface area contributed by atoms with Gasteiger partial charge in [-0.3, -0.25) is 9.59 Å². The molecule has 2 N–H and O–H groups in total. The highest BCUT2D eigenvalue weighted by atomic mass is 16.2. The number of nitrogens with one attached hydrogen (secondary N) is 2. The second-order valence-electron chi connectivity index (χ2n) is 6.44. The molecule has 0 bridgehead atoms. The van der Waals surface area contributed by atoms with Crippen LogP contribution in [-0.2, 0) is 22.7 Å². The van der Waals surface area contributed by atoms with Gasteiger partial charge in [-0.2, -0.15) is 0 Å². The van der Waals surface area contributed by atoms with E-state index in [-0.39, 0.29) is 24.2 Å². The standard InChI is InChI=1S/C19H19N5O2/c25-17-9-14(12-24(17)11-13-5-2-1-3-6-13)19(26)21-10-16-22-15-7-4-8-20-18(15)23-16/h1-8,14H,9-12H2,(H,21,26)(H,20,22,23)/t14-/m1/s1. The van der Waals surface area contributed by atoms with Crippen LogP contribution in [0, 0.1) is 5.92 Å². The van der Waals surface area contributed by atoms with E-state index in [2.05, 4.69) is 20.3 Å². The summed E-state index contributed by atoms with van der Waals surface area (Å²) in [6.07, 6.45) is 1.93.